The molecule has 0 amide bonds. The second-order valence-electron chi connectivity index (χ2n) is 5.82. The Hall–Kier alpha value is -0.740. The summed E-state index contributed by atoms with van der Waals surface area (Å²) in [6, 6.07) is 0. The number of carbonyl (C=O) groups is 1. The Morgan fingerprint density at radius 1 is 1.33 bits per heavy atom. The van der Waals surface area contributed by atoms with Crippen molar-refractivity contribution < 1.29 is 22.7 Å². The molecule has 1 heterocycles. The summed E-state index contributed by atoms with van der Waals surface area (Å²) >= 11 is 0. The van der Waals surface area contributed by atoms with Gasteiger partial charge in [-0.1, -0.05) is 6.92 Å². The monoisotopic (exact) mass is 465 g/mol. The highest BCUT2D eigenvalue weighted by molar-refractivity contribution is 14.0. The fourth-order valence-corrected chi connectivity index (χ4v) is 2.65. The average molecular weight is 465 g/mol. The first-order valence-corrected chi connectivity index (χ1v) is 7.96. The minimum Gasteiger partial charge on any atom is -0.469 e. The van der Waals surface area contributed by atoms with Crippen molar-refractivity contribution in [3.63, 3.8) is 0 Å². The van der Waals surface area contributed by atoms with Gasteiger partial charge in [0, 0.05) is 32.6 Å². The number of carbonyl (C=O) groups excluding carboxylic acids is 1. The zero-order valence-electron chi connectivity index (χ0n) is 14.4. The molecule has 1 fully saturated rings. The minimum absolute atomic E-state index is 0. The Morgan fingerprint density at radius 2 is 2.00 bits per heavy atom. The number of methoxy groups -OCH3 is 1. The summed E-state index contributed by atoms with van der Waals surface area (Å²) in [6.07, 6.45) is -4.41. The fraction of sp³-hybridized carbons (Fsp3) is 0.867. The van der Waals surface area contributed by atoms with E-state index in [1.165, 1.54) is 7.11 Å². The van der Waals surface area contributed by atoms with Crippen molar-refractivity contribution in [3.8, 4) is 0 Å². The predicted octanol–water partition coefficient (Wildman–Crippen LogP) is 3.04. The summed E-state index contributed by atoms with van der Waals surface area (Å²) in [4.78, 5) is 18.1. The zero-order chi connectivity index (χ0) is 17.5. The Balaban J connectivity index is 0.00000529. The lowest BCUT2D eigenvalue weighted by molar-refractivity contribution is -0.146. The van der Waals surface area contributed by atoms with Crippen LogP contribution >= 0.6 is 24.0 Å². The van der Waals surface area contributed by atoms with Crippen LogP contribution in [0, 0.1) is 11.8 Å². The molecule has 5 nitrogen and oxygen atoms in total. The number of unbranched alkanes of at least 4 members (excludes halogenated alkanes) is 1. The van der Waals surface area contributed by atoms with Gasteiger partial charge in [0.15, 0.2) is 5.96 Å². The van der Waals surface area contributed by atoms with E-state index < -0.39 is 12.6 Å². The van der Waals surface area contributed by atoms with Gasteiger partial charge in [-0.3, -0.25) is 9.79 Å². The summed E-state index contributed by atoms with van der Waals surface area (Å²) in [5.74, 6) is 0.365. The van der Waals surface area contributed by atoms with Gasteiger partial charge in [-0.25, -0.2) is 0 Å². The van der Waals surface area contributed by atoms with Crippen LogP contribution in [0.3, 0.4) is 0 Å². The first-order chi connectivity index (χ1) is 10.8. The summed E-state index contributed by atoms with van der Waals surface area (Å²) < 4.78 is 41.1. The third-order valence-electron chi connectivity index (χ3n) is 3.88. The number of rotatable bonds is 6. The highest BCUT2D eigenvalue weighted by Gasteiger charge is 2.36. The molecule has 2 unspecified atom stereocenters. The summed E-state index contributed by atoms with van der Waals surface area (Å²) in [5.41, 5.74) is 0. The molecule has 0 aromatic heterocycles. The van der Waals surface area contributed by atoms with E-state index in [1.54, 1.807) is 0 Å². The molecule has 1 aliphatic heterocycles. The van der Waals surface area contributed by atoms with Crippen LogP contribution in [0.2, 0.25) is 0 Å². The molecule has 24 heavy (non-hydrogen) atoms. The van der Waals surface area contributed by atoms with Crippen LogP contribution in [0.5, 0.6) is 0 Å². The summed E-state index contributed by atoms with van der Waals surface area (Å²) in [7, 11) is 1.37. The lowest BCUT2D eigenvalue weighted by Gasteiger charge is -2.21. The van der Waals surface area contributed by atoms with Gasteiger partial charge in [-0.05, 0) is 25.7 Å². The number of nitrogens with one attached hydrogen (secondary N) is 1. The van der Waals surface area contributed by atoms with Crippen LogP contribution in [0.4, 0.5) is 13.2 Å². The normalized spacial score (nSPS) is 21.4. The SMILES string of the molecule is CCNC(=NCCCCC(F)(F)F)N1CC(C)C(C(=O)OC)C1.I. The molecule has 0 radical (unpaired) electrons. The molecule has 1 rings (SSSR count). The Labute approximate surface area is 158 Å². The van der Waals surface area contributed by atoms with Crippen molar-refractivity contribution in [2.75, 3.05) is 33.3 Å². The van der Waals surface area contributed by atoms with E-state index in [0.29, 0.717) is 38.6 Å². The van der Waals surface area contributed by atoms with Gasteiger partial charge >= 0.3 is 12.1 Å². The highest BCUT2D eigenvalue weighted by Crippen LogP contribution is 2.24. The van der Waals surface area contributed by atoms with Crippen LogP contribution in [-0.4, -0.2) is 56.3 Å². The number of guanidine groups is 1. The largest absolute Gasteiger partial charge is 0.469 e. The maximum Gasteiger partial charge on any atom is 0.389 e. The Morgan fingerprint density at radius 3 is 2.54 bits per heavy atom. The molecular formula is C15H27F3IN3O2. The van der Waals surface area contributed by atoms with E-state index in [2.05, 4.69) is 10.3 Å². The lowest BCUT2D eigenvalue weighted by atomic mass is 9.99. The van der Waals surface area contributed by atoms with E-state index in [-0.39, 0.29) is 48.2 Å². The van der Waals surface area contributed by atoms with Gasteiger partial charge in [0.05, 0.1) is 13.0 Å². The molecule has 0 spiro atoms. The zero-order valence-corrected chi connectivity index (χ0v) is 16.7. The number of alkyl halides is 3. The maximum absolute atomic E-state index is 12.1. The van der Waals surface area contributed by atoms with Crippen molar-refractivity contribution in [2.45, 2.75) is 39.3 Å². The molecule has 0 aromatic carbocycles. The van der Waals surface area contributed by atoms with Gasteiger partial charge in [-0.15, -0.1) is 24.0 Å². The first kappa shape index (κ1) is 23.3. The molecule has 1 N–H and O–H groups in total. The third kappa shape index (κ3) is 7.89. The molecule has 0 aliphatic carbocycles. The van der Waals surface area contributed by atoms with Crippen LogP contribution in [0.1, 0.15) is 33.1 Å². The maximum atomic E-state index is 12.1. The van der Waals surface area contributed by atoms with E-state index in [1.807, 2.05) is 18.7 Å². The molecule has 2 atom stereocenters. The molecule has 0 bridgehead atoms. The second kappa shape index (κ2) is 11.0. The minimum atomic E-state index is -4.10. The number of hydrogen-bond donors (Lipinski definition) is 1. The van der Waals surface area contributed by atoms with Crippen LogP contribution < -0.4 is 5.32 Å². The van der Waals surface area contributed by atoms with Crippen molar-refractivity contribution in [1.82, 2.24) is 10.2 Å². The van der Waals surface area contributed by atoms with Crippen LogP contribution in [-0.2, 0) is 9.53 Å². The number of aliphatic imine (C=N–C) groups is 1. The van der Waals surface area contributed by atoms with E-state index >= 15 is 0 Å². The quantitative estimate of drug-likeness (QED) is 0.216. The van der Waals surface area contributed by atoms with Gasteiger partial charge < -0.3 is 15.0 Å². The molecular weight excluding hydrogens is 438 g/mol. The van der Waals surface area contributed by atoms with E-state index in [4.69, 9.17) is 4.74 Å². The highest BCUT2D eigenvalue weighted by atomic mass is 127. The van der Waals surface area contributed by atoms with Crippen molar-refractivity contribution in [2.24, 2.45) is 16.8 Å². The number of likely N-dealkylation sites (tertiary alicyclic amines) is 1. The van der Waals surface area contributed by atoms with Gasteiger partial charge in [0.1, 0.15) is 0 Å². The van der Waals surface area contributed by atoms with Gasteiger partial charge in [0.2, 0.25) is 0 Å². The molecule has 9 heteroatoms. The number of esters is 1. The van der Waals surface area contributed by atoms with Crippen LogP contribution in [0.15, 0.2) is 4.99 Å². The van der Waals surface area contributed by atoms with Crippen LogP contribution in [0.25, 0.3) is 0 Å². The average Bonchev–Trinajstić information content (AvgIpc) is 2.85. The first-order valence-electron chi connectivity index (χ1n) is 7.96. The van der Waals surface area contributed by atoms with Crippen molar-refractivity contribution in [3.05, 3.63) is 0 Å². The van der Waals surface area contributed by atoms with Gasteiger partial charge in [-0.2, -0.15) is 13.2 Å². The Kier molecular flexibility index (Phi) is 10.6. The molecule has 1 aliphatic rings. The number of nitrogens with zero attached hydrogens (tertiary/aromatic N) is 2. The summed E-state index contributed by atoms with van der Waals surface area (Å²) in [5, 5.41) is 3.13. The lowest BCUT2D eigenvalue weighted by Crippen LogP contribution is -2.40. The standard InChI is InChI=1S/C15H26F3N3O2.HI/c1-4-19-14(20-8-6-5-7-15(16,17)18)21-9-11(2)12(10-21)13(22)23-3;/h11-12H,4-10H2,1-3H3,(H,19,20);1H. The smallest absolute Gasteiger partial charge is 0.389 e. The van der Waals surface area contributed by atoms with Crippen molar-refractivity contribution >= 4 is 35.9 Å². The van der Waals surface area contributed by atoms with E-state index in [0.717, 1.165) is 0 Å². The second-order valence-corrected chi connectivity index (χ2v) is 5.82. The number of ether oxygens (including phenoxy) is 1. The van der Waals surface area contributed by atoms with Crippen molar-refractivity contribution in [1.29, 1.82) is 0 Å². The summed E-state index contributed by atoms with van der Waals surface area (Å²) in [6.45, 7) is 6.10. The van der Waals surface area contributed by atoms with E-state index in [9.17, 15) is 18.0 Å². The molecule has 0 aromatic rings. The Bertz CT molecular complexity index is 419. The predicted molar refractivity (Wildman–Crippen MR) is 97.5 cm³/mol. The molecule has 142 valence electrons. The molecule has 0 saturated carbocycles. The fourth-order valence-electron chi connectivity index (χ4n) is 2.65. The third-order valence-corrected chi connectivity index (χ3v) is 3.88. The van der Waals surface area contributed by atoms with Gasteiger partial charge in [0.25, 0.3) is 0 Å². The number of hydrogen-bond acceptors (Lipinski definition) is 3. The molecule has 1 saturated heterocycles. The number of halogens is 4. The topological polar surface area (TPSA) is 53.9 Å².